The molecule has 7 heteroatoms. The van der Waals surface area contributed by atoms with Crippen LogP contribution in [0.3, 0.4) is 0 Å². The van der Waals surface area contributed by atoms with Gasteiger partial charge >= 0.3 is 5.97 Å². The molecule has 0 aromatic heterocycles. The number of carbonyl (C=O) groups is 2. The number of rotatable bonds is 3. The fraction of sp³-hybridized carbons (Fsp3) is 0.333. The van der Waals surface area contributed by atoms with Gasteiger partial charge in [0.25, 0.3) is 5.69 Å². The molecule has 7 nitrogen and oxygen atoms in total. The Hall–Kier alpha value is -2.96. The van der Waals surface area contributed by atoms with Gasteiger partial charge in [-0.1, -0.05) is 18.2 Å². The van der Waals surface area contributed by atoms with E-state index in [1.165, 1.54) is 19.2 Å². The number of hydrogen-bond acceptors (Lipinski definition) is 6. The number of ketones is 1. The van der Waals surface area contributed by atoms with Crippen LogP contribution in [0.15, 0.2) is 47.3 Å². The van der Waals surface area contributed by atoms with E-state index in [0.29, 0.717) is 29.7 Å². The number of allylic oxidation sites excluding steroid dienone is 3. The van der Waals surface area contributed by atoms with E-state index in [9.17, 15) is 19.7 Å². The van der Waals surface area contributed by atoms with Crippen LogP contribution in [-0.4, -0.2) is 23.8 Å². The molecule has 0 amide bonds. The van der Waals surface area contributed by atoms with Gasteiger partial charge in [0.2, 0.25) is 0 Å². The van der Waals surface area contributed by atoms with Gasteiger partial charge in [-0.05, 0) is 18.9 Å². The topological polar surface area (TPSA) is 98.5 Å². The van der Waals surface area contributed by atoms with Crippen molar-refractivity contribution in [2.45, 2.75) is 25.7 Å². The minimum atomic E-state index is -0.604. The molecule has 130 valence electrons. The van der Waals surface area contributed by atoms with Gasteiger partial charge in [0.05, 0.1) is 23.5 Å². The summed E-state index contributed by atoms with van der Waals surface area (Å²) >= 11 is 0. The number of nitrogens with one attached hydrogen (secondary N) is 1. The molecule has 2 aliphatic rings. The van der Waals surface area contributed by atoms with Gasteiger partial charge in [0, 0.05) is 35.9 Å². The van der Waals surface area contributed by atoms with Crippen LogP contribution in [0.4, 0.5) is 5.69 Å². The Morgan fingerprint density at radius 1 is 1.36 bits per heavy atom. The summed E-state index contributed by atoms with van der Waals surface area (Å²) in [5.41, 5.74) is 2.16. The lowest BCUT2D eigenvalue weighted by atomic mass is 9.71. The molecule has 1 heterocycles. The smallest absolute Gasteiger partial charge is 0.336 e. The maximum absolute atomic E-state index is 12.6. The van der Waals surface area contributed by atoms with Crippen molar-refractivity contribution in [1.29, 1.82) is 0 Å². The lowest BCUT2D eigenvalue weighted by Gasteiger charge is -2.37. The first-order chi connectivity index (χ1) is 11.9. The summed E-state index contributed by atoms with van der Waals surface area (Å²) in [5.74, 6) is -1.70. The largest absolute Gasteiger partial charge is 0.466 e. The SMILES string of the molecule is COC(=O)C1=C(C)NC2=CCCC(=O)C2C1c1cccc([N+](=O)[O-])c1. The van der Waals surface area contributed by atoms with Gasteiger partial charge in [0.15, 0.2) is 0 Å². The standard InChI is InChI=1S/C18H18N2O5/c1-10-15(18(22)25-2)16(11-5-3-6-12(9-11)20(23)24)17-13(19-10)7-4-8-14(17)21/h3,5-7,9,16-17,19H,4,8H2,1-2H3. The second-order valence-electron chi connectivity index (χ2n) is 6.13. The molecule has 1 aromatic rings. The molecule has 0 bridgehead atoms. The van der Waals surface area contributed by atoms with Crippen molar-refractivity contribution >= 4 is 17.4 Å². The number of esters is 1. The van der Waals surface area contributed by atoms with Crippen molar-refractivity contribution < 1.29 is 19.2 Å². The molecule has 2 unspecified atom stereocenters. The van der Waals surface area contributed by atoms with E-state index in [2.05, 4.69) is 5.32 Å². The highest BCUT2D eigenvalue weighted by atomic mass is 16.6. The van der Waals surface area contributed by atoms with Crippen LogP contribution in [0.25, 0.3) is 0 Å². The van der Waals surface area contributed by atoms with Gasteiger partial charge in [0.1, 0.15) is 5.78 Å². The van der Waals surface area contributed by atoms with E-state index < -0.39 is 22.7 Å². The minimum absolute atomic E-state index is 0.00964. The van der Waals surface area contributed by atoms with Crippen LogP contribution >= 0.6 is 0 Å². The number of Topliss-reactive ketones (excluding diaryl/α,β-unsaturated/α-hetero) is 1. The summed E-state index contributed by atoms with van der Waals surface area (Å²) in [6, 6.07) is 6.08. The Morgan fingerprint density at radius 3 is 2.80 bits per heavy atom. The zero-order chi connectivity index (χ0) is 18.1. The third-order valence-corrected chi connectivity index (χ3v) is 4.66. The van der Waals surface area contributed by atoms with Crippen LogP contribution in [0.1, 0.15) is 31.2 Å². The fourth-order valence-electron chi connectivity index (χ4n) is 3.58. The van der Waals surface area contributed by atoms with Crippen LogP contribution in [0, 0.1) is 16.0 Å². The van der Waals surface area contributed by atoms with E-state index in [1.807, 2.05) is 6.08 Å². The van der Waals surface area contributed by atoms with Gasteiger partial charge in [-0.2, -0.15) is 0 Å². The molecule has 1 aliphatic heterocycles. The van der Waals surface area contributed by atoms with Gasteiger partial charge in [-0.25, -0.2) is 4.79 Å². The molecule has 1 aliphatic carbocycles. The molecule has 0 saturated carbocycles. The number of hydrogen-bond donors (Lipinski definition) is 1. The molecule has 0 fully saturated rings. The molecule has 1 N–H and O–H groups in total. The third kappa shape index (κ3) is 2.93. The van der Waals surface area contributed by atoms with Gasteiger partial charge < -0.3 is 10.1 Å². The molecular formula is C18H18N2O5. The number of methoxy groups -OCH3 is 1. The quantitative estimate of drug-likeness (QED) is 0.515. The van der Waals surface area contributed by atoms with Crippen molar-refractivity contribution in [2.75, 3.05) is 7.11 Å². The summed E-state index contributed by atoms with van der Waals surface area (Å²) in [6.45, 7) is 1.74. The Kier molecular flexibility index (Phi) is 4.39. The number of nitro benzene ring substituents is 1. The summed E-state index contributed by atoms with van der Waals surface area (Å²) in [6.07, 6.45) is 2.98. The molecule has 0 radical (unpaired) electrons. The first-order valence-corrected chi connectivity index (χ1v) is 7.97. The second-order valence-corrected chi connectivity index (χ2v) is 6.13. The second kappa shape index (κ2) is 6.51. The maximum Gasteiger partial charge on any atom is 0.336 e. The maximum atomic E-state index is 12.6. The number of nitro groups is 1. The Balaban J connectivity index is 2.20. The molecule has 0 saturated heterocycles. The highest BCUT2D eigenvalue weighted by molar-refractivity contribution is 5.96. The van der Waals surface area contributed by atoms with Crippen molar-refractivity contribution in [3.05, 3.63) is 63.0 Å². The Labute approximate surface area is 144 Å². The van der Waals surface area contributed by atoms with Crippen molar-refractivity contribution in [2.24, 2.45) is 5.92 Å². The van der Waals surface area contributed by atoms with E-state index in [-0.39, 0.29) is 11.5 Å². The first kappa shape index (κ1) is 16.9. The normalized spacial score (nSPS) is 22.6. The summed E-state index contributed by atoms with van der Waals surface area (Å²) in [7, 11) is 1.28. The van der Waals surface area contributed by atoms with E-state index in [1.54, 1.807) is 19.1 Å². The molecule has 1 aromatic carbocycles. The Bertz CT molecular complexity index is 825. The predicted molar refractivity (Wildman–Crippen MR) is 89.5 cm³/mol. The van der Waals surface area contributed by atoms with Gasteiger partial charge in [-0.15, -0.1) is 0 Å². The predicted octanol–water partition coefficient (Wildman–Crippen LogP) is 2.59. The van der Waals surface area contributed by atoms with Crippen molar-refractivity contribution in [1.82, 2.24) is 5.32 Å². The van der Waals surface area contributed by atoms with Crippen LogP contribution in [-0.2, 0) is 14.3 Å². The number of non-ortho nitro benzene ring substituents is 1. The summed E-state index contributed by atoms with van der Waals surface area (Å²) in [5, 5.41) is 14.3. The van der Waals surface area contributed by atoms with Crippen LogP contribution in [0.5, 0.6) is 0 Å². The molecule has 2 atom stereocenters. The lowest BCUT2D eigenvalue weighted by Crippen LogP contribution is -2.40. The molecule has 0 spiro atoms. The lowest BCUT2D eigenvalue weighted by molar-refractivity contribution is -0.384. The summed E-state index contributed by atoms with van der Waals surface area (Å²) < 4.78 is 4.90. The average molecular weight is 342 g/mol. The number of ether oxygens (including phenoxy) is 1. The first-order valence-electron chi connectivity index (χ1n) is 7.97. The van der Waals surface area contributed by atoms with Crippen LogP contribution < -0.4 is 5.32 Å². The minimum Gasteiger partial charge on any atom is -0.466 e. The van der Waals surface area contributed by atoms with Crippen molar-refractivity contribution in [3.8, 4) is 0 Å². The molecule has 25 heavy (non-hydrogen) atoms. The number of nitrogens with zero attached hydrogens (tertiary/aromatic N) is 1. The zero-order valence-electron chi connectivity index (χ0n) is 13.9. The van der Waals surface area contributed by atoms with E-state index in [4.69, 9.17) is 4.74 Å². The Morgan fingerprint density at radius 2 is 2.12 bits per heavy atom. The number of benzene rings is 1. The molecular weight excluding hydrogens is 324 g/mol. The highest BCUT2D eigenvalue weighted by Crippen LogP contribution is 2.44. The number of fused-ring (bicyclic) bond motifs is 1. The van der Waals surface area contributed by atoms with E-state index in [0.717, 1.165) is 5.70 Å². The van der Waals surface area contributed by atoms with Crippen molar-refractivity contribution in [3.63, 3.8) is 0 Å². The summed E-state index contributed by atoms with van der Waals surface area (Å²) in [4.78, 5) is 35.6. The average Bonchev–Trinajstić information content (AvgIpc) is 2.60. The fourth-order valence-corrected chi connectivity index (χ4v) is 3.58. The van der Waals surface area contributed by atoms with E-state index >= 15 is 0 Å². The third-order valence-electron chi connectivity index (χ3n) is 4.66. The zero-order valence-corrected chi connectivity index (χ0v) is 13.9. The number of carbonyl (C=O) groups excluding carboxylic acids is 2. The highest BCUT2D eigenvalue weighted by Gasteiger charge is 2.43. The molecule has 3 rings (SSSR count). The monoisotopic (exact) mass is 342 g/mol. The van der Waals surface area contributed by atoms with Crippen LogP contribution in [0.2, 0.25) is 0 Å². The van der Waals surface area contributed by atoms with Gasteiger partial charge in [-0.3, -0.25) is 14.9 Å².